The molecule has 0 bridgehead atoms. The van der Waals surface area contributed by atoms with Gasteiger partial charge in [-0.3, -0.25) is 4.79 Å². The van der Waals surface area contributed by atoms with Crippen molar-refractivity contribution in [2.75, 3.05) is 20.2 Å². The summed E-state index contributed by atoms with van der Waals surface area (Å²) >= 11 is 0. The highest BCUT2D eigenvalue weighted by molar-refractivity contribution is 5.77. The van der Waals surface area contributed by atoms with Crippen molar-refractivity contribution in [1.82, 2.24) is 29.6 Å². The van der Waals surface area contributed by atoms with Crippen LogP contribution in [-0.2, 0) is 11.3 Å². The zero-order chi connectivity index (χ0) is 25.1. The second kappa shape index (κ2) is 10.2. The van der Waals surface area contributed by atoms with Gasteiger partial charge in [-0.2, -0.15) is 0 Å². The molecule has 1 amide bonds. The van der Waals surface area contributed by atoms with Crippen LogP contribution >= 0.6 is 0 Å². The molecule has 0 spiro atoms. The molecule has 2 aromatic heterocycles. The van der Waals surface area contributed by atoms with Crippen LogP contribution in [0.25, 0.3) is 22.8 Å². The SMILES string of the molecule is COc1cc(C2CCN(C(=O)Cn3nc(-c4ccc(F)cc4)nc3-c3ccc(F)cc3)CC2)ncn1. The lowest BCUT2D eigenvalue weighted by molar-refractivity contribution is -0.133. The highest BCUT2D eigenvalue weighted by Crippen LogP contribution is 2.28. The zero-order valence-corrected chi connectivity index (χ0v) is 19.6. The highest BCUT2D eigenvalue weighted by atomic mass is 19.1. The van der Waals surface area contributed by atoms with E-state index in [0.717, 1.165) is 18.5 Å². The standard InChI is InChI=1S/C26H24F2N6O2/c1-36-23-14-22(29-16-30-23)17-10-12-33(13-11-17)24(35)15-34-26(19-4-8-21(28)9-5-19)31-25(32-34)18-2-6-20(27)7-3-18/h2-9,14,16-17H,10-13,15H2,1H3. The Morgan fingerprint density at radius 3 is 2.25 bits per heavy atom. The summed E-state index contributed by atoms with van der Waals surface area (Å²) in [6.07, 6.45) is 3.04. The smallest absolute Gasteiger partial charge is 0.244 e. The van der Waals surface area contributed by atoms with Gasteiger partial charge in [-0.1, -0.05) is 0 Å². The Hall–Kier alpha value is -4.21. The average molecular weight is 491 g/mol. The van der Waals surface area contributed by atoms with Crippen LogP contribution in [0.2, 0.25) is 0 Å². The predicted octanol–water partition coefficient (Wildman–Crippen LogP) is 4.10. The first kappa shape index (κ1) is 23.5. The number of nitrogens with zero attached hydrogens (tertiary/aromatic N) is 6. The van der Waals surface area contributed by atoms with Gasteiger partial charge in [0.15, 0.2) is 11.6 Å². The van der Waals surface area contributed by atoms with Crippen LogP contribution in [0.3, 0.4) is 0 Å². The molecule has 4 aromatic rings. The topological polar surface area (TPSA) is 86.0 Å². The molecule has 184 valence electrons. The Bertz CT molecular complexity index is 1350. The van der Waals surface area contributed by atoms with E-state index in [0.29, 0.717) is 41.7 Å². The third-order valence-corrected chi connectivity index (χ3v) is 6.30. The maximum absolute atomic E-state index is 13.5. The Balaban J connectivity index is 1.34. The monoisotopic (exact) mass is 490 g/mol. The third kappa shape index (κ3) is 5.07. The van der Waals surface area contributed by atoms with E-state index in [2.05, 4.69) is 20.1 Å². The van der Waals surface area contributed by atoms with E-state index in [4.69, 9.17) is 4.74 Å². The van der Waals surface area contributed by atoms with E-state index in [9.17, 15) is 13.6 Å². The number of amides is 1. The lowest BCUT2D eigenvalue weighted by Gasteiger charge is -2.31. The van der Waals surface area contributed by atoms with Gasteiger partial charge in [0.1, 0.15) is 24.5 Å². The van der Waals surface area contributed by atoms with Crippen molar-refractivity contribution < 1.29 is 18.3 Å². The zero-order valence-electron chi connectivity index (χ0n) is 19.6. The molecule has 8 nitrogen and oxygen atoms in total. The first-order chi connectivity index (χ1) is 17.5. The van der Waals surface area contributed by atoms with Crippen molar-refractivity contribution in [1.29, 1.82) is 0 Å². The number of carbonyl (C=O) groups is 1. The van der Waals surface area contributed by atoms with Gasteiger partial charge in [0.05, 0.1) is 12.8 Å². The summed E-state index contributed by atoms with van der Waals surface area (Å²) in [6.45, 7) is 1.15. The van der Waals surface area contributed by atoms with Crippen LogP contribution < -0.4 is 4.74 Å². The minimum Gasteiger partial charge on any atom is -0.481 e. The molecular formula is C26H24F2N6O2. The number of halogens is 2. The largest absolute Gasteiger partial charge is 0.481 e. The second-order valence-electron chi connectivity index (χ2n) is 8.57. The summed E-state index contributed by atoms with van der Waals surface area (Å²) in [5.41, 5.74) is 2.15. The van der Waals surface area contributed by atoms with E-state index < -0.39 is 0 Å². The van der Waals surface area contributed by atoms with Crippen LogP contribution in [0.1, 0.15) is 24.5 Å². The first-order valence-corrected chi connectivity index (χ1v) is 11.6. The van der Waals surface area contributed by atoms with Crippen molar-refractivity contribution >= 4 is 5.91 Å². The van der Waals surface area contributed by atoms with Crippen molar-refractivity contribution in [2.45, 2.75) is 25.3 Å². The summed E-state index contributed by atoms with van der Waals surface area (Å²) in [5.74, 6) is 0.712. The summed E-state index contributed by atoms with van der Waals surface area (Å²) in [5, 5.41) is 4.54. The fourth-order valence-electron chi connectivity index (χ4n) is 4.33. The number of hydrogen-bond acceptors (Lipinski definition) is 6. The van der Waals surface area contributed by atoms with Crippen molar-refractivity contribution in [2.24, 2.45) is 0 Å². The number of carbonyl (C=O) groups excluding carboxylic acids is 1. The molecule has 36 heavy (non-hydrogen) atoms. The molecule has 3 heterocycles. The minimum absolute atomic E-state index is 0.0209. The molecule has 2 aromatic carbocycles. The van der Waals surface area contributed by atoms with Crippen LogP contribution in [0.4, 0.5) is 8.78 Å². The molecule has 1 aliphatic rings. The lowest BCUT2D eigenvalue weighted by Crippen LogP contribution is -2.40. The molecule has 0 saturated carbocycles. The molecule has 5 rings (SSSR count). The third-order valence-electron chi connectivity index (χ3n) is 6.30. The summed E-state index contributed by atoms with van der Waals surface area (Å²) in [4.78, 5) is 28.0. The molecule has 10 heteroatoms. The van der Waals surface area contributed by atoms with Crippen molar-refractivity contribution in [3.63, 3.8) is 0 Å². The molecule has 0 atom stereocenters. The Morgan fingerprint density at radius 1 is 0.972 bits per heavy atom. The van der Waals surface area contributed by atoms with Gasteiger partial charge < -0.3 is 9.64 Å². The van der Waals surface area contributed by atoms with Gasteiger partial charge in [-0.15, -0.1) is 5.10 Å². The van der Waals surface area contributed by atoms with Crippen molar-refractivity contribution in [3.05, 3.63) is 78.3 Å². The van der Waals surface area contributed by atoms with E-state index in [1.165, 1.54) is 35.3 Å². The molecule has 0 radical (unpaired) electrons. The van der Waals surface area contributed by atoms with Gasteiger partial charge in [0.2, 0.25) is 11.8 Å². The van der Waals surface area contributed by atoms with Gasteiger partial charge in [0, 0.05) is 36.2 Å². The maximum atomic E-state index is 13.5. The molecule has 0 N–H and O–H groups in total. The summed E-state index contributed by atoms with van der Waals surface area (Å²) < 4.78 is 33.6. The van der Waals surface area contributed by atoms with E-state index in [-0.39, 0.29) is 30.0 Å². The average Bonchev–Trinajstić information content (AvgIpc) is 3.33. The molecule has 1 saturated heterocycles. The quantitative estimate of drug-likeness (QED) is 0.405. The number of rotatable bonds is 6. The van der Waals surface area contributed by atoms with Gasteiger partial charge in [0.25, 0.3) is 0 Å². The van der Waals surface area contributed by atoms with E-state index in [1.54, 1.807) is 31.4 Å². The molecular weight excluding hydrogens is 466 g/mol. The maximum Gasteiger partial charge on any atom is 0.244 e. The molecule has 0 unspecified atom stereocenters. The van der Waals surface area contributed by atoms with Crippen LogP contribution in [0, 0.1) is 11.6 Å². The number of methoxy groups -OCH3 is 1. The molecule has 1 aliphatic heterocycles. The second-order valence-corrected chi connectivity index (χ2v) is 8.57. The fourth-order valence-corrected chi connectivity index (χ4v) is 4.33. The van der Waals surface area contributed by atoms with E-state index >= 15 is 0 Å². The Labute approximate surface area is 206 Å². The summed E-state index contributed by atoms with van der Waals surface area (Å²) in [6, 6.07) is 13.5. The lowest BCUT2D eigenvalue weighted by atomic mass is 9.93. The van der Waals surface area contributed by atoms with Gasteiger partial charge in [-0.25, -0.2) is 28.4 Å². The highest BCUT2D eigenvalue weighted by Gasteiger charge is 2.26. The first-order valence-electron chi connectivity index (χ1n) is 11.6. The number of piperidine rings is 1. The number of aromatic nitrogens is 5. The predicted molar refractivity (Wildman–Crippen MR) is 128 cm³/mol. The van der Waals surface area contributed by atoms with Crippen LogP contribution in [-0.4, -0.2) is 55.7 Å². The Morgan fingerprint density at radius 2 is 1.61 bits per heavy atom. The van der Waals surface area contributed by atoms with Gasteiger partial charge in [-0.05, 0) is 61.4 Å². The molecule has 0 aliphatic carbocycles. The number of ether oxygens (including phenoxy) is 1. The molecule has 1 fully saturated rings. The van der Waals surface area contributed by atoms with Crippen molar-refractivity contribution in [3.8, 4) is 28.7 Å². The minimum atomic E-state index is -0.371. The Kier molecular flexibility index (Phi) is 6.66. The van der Waals surface area contributed by atoms with Crippen LogP contribution in [0.15, 0.2) is 60.9 Å². The number of hydrogen-bond donors (Lipinski definition) is 0. The summed E-state index contributed by atoms with van der Waals surface area (Å²) in [7, 11) is 1.57. The normalized spacial score (nSPS) is 14.1. The number of benzene rings is 2. The number of likely N-dealkylation sites (tertiary alicyclic amines) is 1. The van der Waals surface area contributed by atoms with Crippen LogP contribution in [0.5, 0.6) is 5.88 Å². The van der Waals surface area contributed by atoms with Gasteiger partial charge >= 0.3 is 0 Å². The fraction of sp³-hybridized carbons (Fsp3) is 0.269. The van der Waals surface area contributed by atoms with E-state index in [1.807, 2.05) is 11.0 Å².